The number of hydrogen-bond donors (Lipinski definition) is 0. The first-order valence-corrected chi connectivity index (χ1v) is 10.6. The zero-order valence-corrected chi connectivity index (χ0v) is 17.6. The monoisotopic (exact) mass is 451 g/mol. The SMILES string of the molecule is O=C(CN1CCN(c2ccc(C(F)(F)F)cn2)CC1)N1CCN(c2ccc(F)cc2)CC1. The van der Waals surface area contributed by atoms with E-state index >= 15 is 0 Å². The van der Waals surface area contributed by atoms with Crippen LogP contribution >= 0.6 is 0 Å². The first-order valence-electron chi connectivity index (χ1n) is 10.6. The minimum atomic E-state index is -4.39. The maximum absolute atomic E-state index is 13.1. The average molecular weight is 451 g/mol. The van der Waals surface area contributed by atoms with Crippen LogP contribution in [0.5, 0.6) is 0 Å². The Balaban J connectivity index is 1.22. The first kappa shape index (κ1) is 22.3. The minimum absolute atomic E-state index is 0.0739. The molecule has 1 amide bonds. The van der Waals surface area contributed by atoms with Gasteiger partial charge in [0.1, 0.15) is 11.6 Å². The van der Waals surface area contributed by atoms with Gasteiger partial charge in [-0.2, -0.15) is 13.2 Å². The van der Waals surface area contributed by atoms with Gasteiger partial charge < -0.3 is 14.7 Å². The van der Waals surface area contributed by atoms with Gasteiger partial charge >= 0.3 is 6.18 Å². The van der Waals surface area contributed by atoms with E-state index in [2.05, 4.69) is 14.8 Å². The van der Waals surface area contributed by atoms with Gasteiger partial charge in [0.2, 0.25) is 5.91 Å². The van der Waals surface area contributed by atoms with Crippen LogP contribution in [0.3, 0.4) is 0 Å². The molecule has 2 saturated heterocycles. The number of halogens is 4. The van der Waals surface area contributed by atoms with E-state index in [1.54, 1.807) is 12.1 Å². The summed E-state index contributed by atoms with van der Waals surface area (Å²) in [7, 11) is 0. The van der Waals surface area contributed by atoms with Crippen molar-refractivity contribution in [3.63, 3.8) is 0 Å². The maximum Gasteiger partial charge on any atom is 0.417 e. The van der Waals surface area contributed by atoms with Crippen molar-refractivity contribution in [3.05, 3.63) is 54.0 Å². The lowest BCUT2D eigenvalue weighted by atomic mass is 10.2. The van der Waals surface area contributed by atoms with Gasteiger partial charge in [-0.1, -0.05) is 0 Å². The summed E-state index contributed by atoms with van der Waals surface area (Å²) in [4.78, 5) is 24.7. The molecule has 1 aromatic heterocycles. The van der Waals surface area contributed by atoms with Gasteiger partial charge in [-0.3, -0.25) is 9.69 Å². The summed E-state index contributed by atoms with van der Waals surface area (Å²) in [5.41, 5.74) is 0.191. The Bertz CT molecular complexity index is 903. The number of benzene rings is 1. The van der Waals surface area contributed by atoms with Gasteiger partial charge in [0.25, 0.3) is 0 Å². The van der Waals surface area contributed by atoms with Gasteiger partial charge in [-0.15, -0.1) is 0 Å². The molecular weight excluding hydrogens is 426 g/mol. The number of rotatable bonds is 4. The maximum atomic E-state index is 13.1. The third kappa shape index (κ3) is 5.29. The fourth-order valence-corrected chi connectivity index (χ4v) is 4.03. The summed E-state index contributed by atoms with van der Waals surface area (Å²) in [5.74, 6) is 0.322. The Labute approximate surface area is 184 Å². The third-order valence-electron chi connectivity index (χ3n) is 5.95. The molecular formula is C22H25F4N5O. The third-order valence-corrected chi connectivity index (χ3v) is 5.95. The zero-order valence-electron chi connectivity index (χ0n) is 17.6. The number of carbonyl (C=O) groups excluding carboxylic acids is 1. The standard InChI is InChI=1S/C22H25F4N5O/c23-18-2-4-19(5-3-18)29-11-13-31(14-12-29)21(32)16-28-7-9-30(10-8-28)20-6-1-17(15-27-20)22(24,25)26/h1-6,15H,7-14,16H2. The lowest BCUT2D eigenvalue weighted by Crippen LogP contribution is -2.54. The molecule has 2 aromatic rings. The molecule has 2 aliphatic heterocycles. The highest BCUT2D eigenvalue weighted by molar-refractivity contribution is 5.78. The van der Waals surface area contributed by atoms with Gasteiger partial charge in [0.15, 0.2) is 0 Å². The van der Waals surface area contributed by atoms with Crippen LogP contribution < -0.4 is 9.80 Å². The molecule has 10 heteroatoms. The fraction of sp³-hybridized carbons (Fsp3) is 0.455. The van der Waals surface area contributed by atoms with Crippen molar-refractivity contribution in [3.8, 4) is 0 Å². The Morgan fingerprint density at radius 1 is 0.844 bits per heavy atom. The van der Waals surface area contributed by atoms with Crippen LogP contribution in [0.4, 0.5) is 29.1 Å². The predicted octanol–water partition coefficient (Wildman–Crippen LogP) is 2.71. The highest BCUT2D eigenvalue weighted by Gasteiger charge is 2.31. The molecule has 0 N–H and O–H groups in total. The topological polar surface area (TPSA) is 42.9 Å². The summed E-state index contributed by atoms with van der Waals surface area (Å²) >= 11 is 0. The number of carbonyl (C=O) groups is 1. The van der Waals surface area contributed by atoms with Crippen LogP contribution in [-0.4, -0.2) is 79.6 Å². The molecule has 0 saturated carbocycles. The molecule has 172 valence electrons. The molecule has 32 heavy (non-hydrogen) atoms. The Morgan fingerprint density at radius 3 is 2.03 bits per heavy atom. The number of aromatic nitrogens is 1. The molecule has 0 radical (unpaired) electrons. The second-order valence-corrected chi connectivity index (χ2v) is 8.01. The predicted molar refractivity (Wildman–Crippen MR) is 113 cm³/mol. The molecule has 1 aromatic carbocycles. The summed E-state index contributed by atoms with van der Waals surface area (Å²) in [6.45, 7) is 5.44. The summed E-state index contributed by atoms with van der Waals surface area (Å²) in [6.07, 6.45) is -3.54. The van der Waals surface area contributed by atoms with E-state index < -0.39 is 11.7 Å². The fourth-order valence-electron chi connectivity index (χ4n) is 4.03. The van der Waals surface area contributed by atoms with Crippen molar-refractivity contribution in [1.29, 1.82) is 0 Å². The molecule has 0 atom stereocenters. The summed E-state index contributed by atoms with van der Waals surface area (Å²) in [6, 6.07) is 8.81. The van der Waals surface area contributed by atoms with Gasteiger partial charge in [-0.05, 0) is 36.4 Å². The van der Waals surface area contributed by atoms with E-state index in [1.807, 2.05) is 9.80 Å². The summed E-state index contributed by atoms with van der Waals surface area (Å²) < 4.78 is 51.2. The second kappa shape index (κ2) is 9.32. The number of pyridine rings is 1. The molecule has 2 fully saturated rings. The molecule has 3 heterocycles. The number of nitrogens with zero attached hydrogens (tertiary/aromatic N) is 5. The molecule has 0 bridgehead atoms. The highest BCUT2D eigenvalue weighted by atomic mass is 19.4. The van der Waals surface area contributed by atoms with E-state index in [0.29, 0.717) is 64.7 Å². The molecule has 6 nitrogen and oxygen atoms in total. The Hall–Kier alpha value is -2.88. The summed E-state index contributed by atoms with van der Waals surface area (Å²) in [5, 5.41) is 0. The van der Waals surface area contributed by atoms with Gasteiger partial charge in [0.05, 0.1) is 12.1 Å². The second-order valence-electron chi connectivity index (χ2n) is 8.01. The van der Waals surface area contributed by atoms with Crippen LogP contribution in [0.1, 0.15) is 5.56 Å². The van der Waals surface area contributed by atoms with E-state index in [1.165, 1.54) is 18.2 Å². The number of alkyl halides is 3. The van der Waals surface area contributed by atoms with E-state index in [4.69, 9.17) is 0 Å². The minimum Gasteiger partial charge on any atom is -0.368 e. The lowest BCUT2D eigenvalue weighted by Gasteiger charge is -2.39. The number of amides is 1. The lowest BCUT2D eigenvalue weighted by molar-refractivity contribution is -0.137. The van der Waals surface area contributed by atoms with Crippen molar-refractivity contribution < 1.29 is 22.4 Å². The average Bonchev–Trinajstić information content (AvgIpc) is 2.80. The van der Waals surface area contributed by atoms with Crippen molar-refractivity contribution in [2.75, 3.05) is 68.7 Å². The van der Waals surface area contributed by atoms with Crippen molar-refractivity contribution in [2.45, 2.75) is 6.18 Å². The van der Waals surface area contributed by atoms with Crippen LogP contribution in [0.25, 0.3) is 0 Å². The Kier molecular flexibility index (Phi) is 6.50. The first-order chi connectivity index (χ1) is 15.3. The zero-order chi connectivity index (χ0) is 22.7. The molecule has 0 aliphatic carbocycles. The van der Waals surface area contributed by atoms with Crippen LogP contribution in [-0.2, 0) is 11.0 Å². The molecule has 0 spiro atoms. The smallest absolute Gasteiger partial charge is 0.368 e. The van der Waals surface area contributed by atoms with E-state index in [9.17, 15) is 22.4 Å². The largest absolute Gasteiger partial charge is 0.417 e. The van der Waals surface area contributed by atoms with Crippen molar-refractivity contribution in [2.24, 2.45) is 0 Å². The highest BCUT2D eigenvalue weighted by Crippen LogP contribution is 2.29. The van der Waals surface area contributed by atoms with Crippen LogP contribution in [0.2, 0.25) is 0 Å². The van der Waals surface area contributed by atoms with Crippen LogP contribution in [0.15, 0.2) is 42.6 Å². The normalized spacial score (nSPS) is 18.2. The quantitative estimate of drug-likeness (QED) is 0.669. The number of hydrogen-bond acceptors (Lipinski definition) is 5. The van der Waals surface area contributed by atoms with E-state index in [-0.39, 0.29) is 11.7 Å². The van der Waals surface area contributed by atoms with Crippen molar-refractivity contribution >= 4 is 17.4 Å². The molecule has 0 unspecified atom stereocenters. The number of anilines is 2. The molecule has 2 aliphatic rings. The Morgan fingerprint density at radius 2 is 1.47 bits per heavy atom. The number of piperazine rings is 2. The van der Waals surface area contributed by atoms with Gasteiger partial charge in [-0.25, -0.2) is 9.37 Å². The van der Waals surface area contributed by atoms with E-state index in [0.717, 1.165) is 18.0 Å². The molecule has 4 rings (SSSR count). The van der Waals surface area contributed by atoms with Gasteiger partial charge in [0, 0.05) is 64.2 Å². The van der Waals surface area contributed by atoms with Crippen LogP contribution in [0, 0.1) is 5.82 Å². The van der Waals surface area contributed by atoms with Crippen molar-refractivity contribution in [1.82, 2.24) is 14.8 Å².